The highest BCUT2D eigenvalue weighted by Gasteiger charge is 2.34. The van der Waals surface area contributed by atoms with Gasteiger partial charge in [-0.1, -0.05) is 23.4 Å². The number of aliphatic imine (C=N–C) groups is 1. The summed E-state index contributed by atoms with van der Waals surface area (Å²) in [5, 5.41) is 3.27. The van der Waals surface area contributed by atoms with Gasteiger partial charge in [0.15, 0.2) is 16.7 Å². The maximum Gasteiger partial charge on any atom is 0.238 e. The maximum absolute atomic E-state index is 12.6. The molecule has 2 aromatic carbocycles. The van der Waals surface area contributed by atoms with Crippen molar-refractivity contribution >= 4 is 51.7 Å². The number of anilines is 1. The molecule has 9 heteroatoms. The third-order valence-corrected chi connectivity index (χ3v) is 5.75. The van der Waals surface area contributed by atoms with Crippen LogP contribution in [-0.4, -0.2) is 41.0 Å². The number of rotatable bonds is 3. The fourth-order valence-electron chi connectivity index (χ4n) is 2.72. The fourth-order valence-corrected chi connectivity index (χ4v) is 3.91. The van der Waals surface area contributed by atoms with Crippen LogP contribution >= 0.6 is 23.4 Å². The molecule has 0 unspecified atom stereocenters. The van der Waals surface area contributed by atoms with Crippen LogP contribution < -0.4 is 14.8 Å². The third kappa shape index (κ3) is 3.93. The Labute approximate surface area is 170 Å². The van der Waals surface area contributed by atoms with E-state index in [0.717, 1.165) is 0 Å². The Kier molecular flexibility index (Phi) is 5.15. The molecule has 0 spiro atoms. The van der Waals surface area contributed by atoms with Crippen LogP contribution in [0.5, 0.6) is 11.5 Å². The van der Waals surface area contributed by atoms with E-state index in [1.165, 1.54) is 16.7 Å². The third-order valence-electron chi connectivity index (χ3n) is 4.25. The van der Waals surface area contributed by atoms with E-state index in [1.807, 2.05) is 0 Å². The molecule has 2 aromatic rings. The zero-order chi connectivity index (χ0) is 19.7. The first-order valence-corrected chi connectivity index (χ1v) is 9.73. The minimum atomic E-state index is -0.577. The molecule has 144 valence electrons. The second kappa shape index (κ2) is 7.73. The number of benzene rings is 2. The normalized spacial score (nSPS) is 19.8. The second-order valence-corrected chi connectivity index (χ2v) is 7.80. The van der Waals surface area contributed by atoms with Crippen LogP contribution in [0.3, 0.4) is 0 Å². The van der Waals surface area contributed by atoms with Crippen molar-refractivity contribution in [3.8, 4) is 11.5 Å². The van der Waals surface area contributed by atoms with Crippen molar-refractivity contribution in [2.75, 3.05) is 19.2 Å². The van der Waals surface area contributed by atoms with E-state index < -0.39 is 5.25 Å². The number of amidine groups is 1. The predicted octanol–water partition coefficient (Wildman–Crippen LogP) is 3.66. The smallest absolute Gasteiger partial charge is 0.238 e. The van der Waals surface area contributed by atoms with E-state index in [0.29, 0.717) is 33.1 Å². The molecule has 2 heterocycles. The quantitative estimate of drug-likeness (QED) is 0.824. The van der Waals surface area contributed by atoms with Gasteiger partial charge in [-0.15, -0.1) is 0 Å². The van der Waals surface area contributed by atoms with Gasteiger partial charge in [0, 0.05) is 30.2 Å². The first-order chi connectivity index (χ1) is 13.5. The van der Waals surface area contributed by atoms with Gasteiger partial charge in [-0.25, -0.2) is 4.99 Å². The van der Waals surface area contributed by atoms with Crippen molar-refractivity contribution in [3.63, 3.8) is 0 Å². The Bertz CT molecular complexity index is 964. The van der Waals surface area contributed by atoms with Gasteiger partial charge in [0.25, 0.3) is 0 Å². The van der Waals surface area contributed by atoms with Crippen LogP contribution in [-0.2, 0) is 9.59 Å². The minimum absolute atomic E-state index is 0.0980. The average Bonchev–Trinajstić information content (AvgIpc) is 3.15. The molecule has 0 aliphatic carbocycles. The number of fused-ring (bicyclic) bond motifs is 1. The van der Waals surface area contributed by atoms with E-state index in [1.54, 1.807) is 49.5 Å². The summed E-state index contributed by atoms with van der Waals surface area (Å²) in [5.41, 5.74) is 1.24. The molecule has 2 aliphatic rings. The molecular weight excluding hydrogens is 402 g/mol. The summed E-state index contributed by atoms with van der Waals surface area (Å²) in [5.74, 6) is 0.834. The lowest BCUT2D eigenvalue weighted by molar-refractivity contribution is -0.128. The lowest BCUT2D eigenvalue weighted by Gasteiger charge is -2.28. The topological polar surface area (TPSA) is 80.2 Å². The summed E-state index contributed by atoms with van der Waals surface area (Å²) < 4.78 is 10.7. The van der Waals surface area contributed by atoms with Crippen LogP contribution in [0.15, 0.2) is 47.5 Å². The first-order valence-electron chi connectivity index (χ1n) is 8.47. The van der Waals surface area contributed by atoms with Gasteiger partial charge in [0.2, 0.25) is 18.6 Å². The number of thioether (sulfide) groups is 1. The molecule has 0 radical (unpaired) electrons. The van der Waals surface area contributed by atoms with Crippen molar-refractivity contribution in [3.05, 3.63) is 47.5 Å². The predicted molar refractivity (Wildman–Crippen MR) is 109 cm³/mol. The molecule has 1 atom stereocenters. The molecule has 0 bridgehead atoms. The highest BCUT2D eigenvalue weighted by Crippen LogP contribution is 2.36. The first kappa shape index (κ1) is 18.6. The fraction of sp³-hybridized carbons (Fsp3) is 0.211. The Balaban J connectivity index is 1.52. The average molecular weight is 418 g/mol. The Hall–Kier alpha value is -2.71. The molecule has 7 nitrogen and oxygen atoms in total. The van der Waals surface area contributed by atoms with Crippen LogP contribution in [0.4, 0.5) is 11.4 Å². The summed E-state index contributed by atoms with van der Waals surface area (Å²) in [6.45, 7) is 0.176. The second-order valence-electron chi connectivity index (χ2n) is 6.19. The molecule has 28 heavy (non-hydrogen) atoms. The molecule has 1 N–H and O–H groups in total. The number of hydrogen-bond donors (Lipinski definition) is 1. The van der Waals surface area contributed by atoms with Crippen LogP contribution in [0.1, 0.15) is 6.42 Å². The van der Waals surface area contributed by atoms with Crippen molar-refractivity contribution in [1.82, 2.24) is 4.90 Å². The number of amides is 2. The molecule has 1 fully saturated rings. The Morgan fingerprint density at radius 1 is 1.21 bits per heavy atom. The van der Waals surface area contributed by atoms with E-state index in [-0.39, 0.29) is 25.0 Å². The van der Waals surface area contributed by atoms with Crippen molar-refractivity contribution in [2.45, 2.75) is 11.7 Å². The lowest BCUT2D eigenvalue weighted by Crippen LogP contribution is -2.43. The maximum atomic E-state index is 12.6. The zero-order valence-electron chi connectivity index (χ0n) is 14.8. The number of nitrogens with one attached hydrogen (secondary N) is 1. The molecule has 4 rings (SSSR count). The van der Waals surface area contributed by atoms with Gasteiger partial charge in [-0.3, -0.25) is 14.5 Å². The highest BCUT2D eigenvalue weighted by molar-refractivity contribution is 8.15. The SMILES string of the molecule is CN1C(=O)C[C@H](C(=O)Nc2ccc(Cl)cc2)SC1=Nc1ccc2c(c1)OCO2. The molecule has 0 aromatic heterocycles. The summed E-state index contributed by atoms with van der Waals surface area (Å²) >= 11 is 7.11. The van der Waals surface area contributed by atoms with E-state index in [2.05, 4.69) is 10.3 Å². The van der Waals surface area contributed by atoms with Gasteiger partial charge in [-0.2, -0.15) is 0 Å². The van der Waals surface area contributed by atoms with Gasteiger partial charge < -0.3 is 14.8 Å². The zero-order valence-corrected chi connectivity index (χ0v) is 16.4. The summed E-state index contributed by atoms with van der Waals surface area (Å²) in [4.78, 5) is 31.0. The summed E-state index contributed by atoms with van der Waals surface area (Å²) in [7, 11) is 1.65. The van der Waals surface area contributed by atoms with Gasteiger partial charge >= 0.3 is 0 Å². The number of halogens is 1. The monoisotopic (exact) mass is 417 g/mol. The molecular formula is C19H16ClN3O4S. The molecule has 2 amide bonds. The number of ether oxygens (including phenoxy) is 2. The Morgan fingerprint density at radius 2 is 1.96 bits per heavy atom. The van der Waals surface area contributed by atoms with Crippen molar-refractivity contribution < 1.29 is 19.1 Å². The summed E-state index contributed by atoms with van der Waals surface area (Å²) in [6.07, 6.45) is 0.0980. The molecule has 1 saturated heterocycles. The minimum Gasteiger partial charge on any atom is -0.454 e. The largest absolute Gasteiger partial charge is 0.454 e. The van der Waals surface area contributed by atoms with Crippen LogP contribution in [0, 0.1) is 0 Å². The molecule has 2 aliphatic heterocycles. The number of carbonyl (C=O) groups is 2. The lowest BCUT2D eigenvalue weighted by atomic mass is 10.2. The number of hydrogen-bond acceptors (Lipinski definition) is 6. The van der Waals surface area contributed by atoms with Crippen LogP contribution in [0.2, 0.25) is 5.02 Å². The van der Waals surface area contributed by atoms with E-state index in [4.69, 9.17) is 21.1 Å². The van der Waals surface area contributed by atoms with Gasteiger partial charge in [0.1, 0.15) is 5.25 Å². The van der Waals surface area contributed by atoms with E-state index >= 15 is 0 Å². The van der Waals surface area contributed by atoms with E-state index in [9.17, 15) is 9.59 Å². The highest BCUT2D eigenvalue weighted by atomic mass is 35.5. The summed E-state index contributed by atoms with van der Waals surface area (Å²) in [6, 6.07) is 12.1. The van der Waals surface area contributed by atoms with Gasteiger partial charge in [-0.05, 0) is 36.4 Å². The van der Waals surface area contributed by atoms with Gasteiger partial charge in [0.05, 0.1) is 5.69 Å². The standard InChI is InChI=1S/C19H16ClN3O4S/c1-23-17(24)9-16(18(25)21-12-4-2-11(20)3-5-12)28-19(23)22-13-6-7-14-15(8-13)27-10-26-14/h2-8,16H,9-10H2,1H3,(H,21,25)/t16-/m1/s1. The van der Waals surface area contributed by atoms with Crippen LogP contribution in [0.25, 0.3) is 0 Å². The number of nitrogens with zero attached hydrogens (tertiary/aromatic N) is 2. The van der Waals surface area contributed by atoms with Crippen molar-refractivity contribution in [1.29, 1.82) is 0 Å². The number of carbonyl (C=O) groups excluding carboxylic acids is 2. The molecule has 0 saturated carbocycles. The Morgan fingerprint density at radius 3 is 2.75 bits per heavy atom. The van der Waals surface area contributed by atoms with Crippen molar-refractivity contribution in [2.24, 2.45) is 4.99 Å².